The molecule has 0 bridgehead atoms. The molecule has 0 spiro atoms. The van der Waals surface area contributed by atoms with Gasteiger partial charge in [-0.25, -0.2) is 4.39 Å². The normalized spacial score (nSPS) is 10.6. The first kappa shape index (κ1) is 12.6. The summed E-state index contributed by atoms with van der Waals surface area (Å²) < 4.78 is 15.0. The van der Waals surface area contributed by atoms with Gasteiger partial charge in [-0.3, -0.25) is 4.68 Å². The van der Waals surface area contributed by atoms with E-state index in [2.05, 4.69) is 17.3 Å². The number of halogens is 1. The van der Waals surface area contributed by atoms with Crippen LogP contribution in [-0.2, 0) is 13.1 Å². The Bertz CT molecular complexity index is 520. The maximum atomic E-state index is 13.1. The second-order valence-corrected chi connectivity index (χ2v) is 4.42. The number of anilines is 1. The Balaban J connectivity index is 1.99. The van der Waals surface area contributed by atoms with Gasteiger partial charge in [0.25, 0.3) is 0 Å². The van der Waals surface area contributed by atoms with E-state index in [1.54, 1.807) is 6.07 Å². The maximum Gasteiger partial charge on any atom is 0.125 e. The zero-order valence-electron chi connectivity index (χ0n) is 10.8. The van der Waals surface area contributed by atoms with Gasteiger partial charge in [-0.15, -0.1) is 0 Å². The van der Waals surface area contributed by atoms with Gasteiger partial charge in [-0.05, 0) is 31.0 Å². The molecule has 3 nitrogen and oxygen atoms in total. The van der Waals surface area contributed by atoms with E-state index in [4.69, 9.17) is 0 Å². The molecule has 1 aromatic carbocycles. The number of rotatable bonds is 5. The molecule has 4 heteroatoms. The number of nitrogens with one attached hydrogen (secondary N) is 1. The van der Waals surface area contributed by atoms with E-state index >= 15 is 0 Å². The molecule has 0 amide bonds. The summed E-state index contributed by atoms with van der Waals surface area (Å²) in [6.45, 7) is 5.67. The van der Waals surface area contributed by atoms with Crippen molar-refractivity contribution >= 4 is 5.69 Å². The third-order valence-corrected chi connectivity index (χ3v) is 2.82. The lowest BCUT2D eigenvalue weighted by atomic mass is 10.2. The first-order valence-corrected chi connectivity index (χ1v) is 6.20. The highest BCUT2D eigenvalue weighted by molar-refractivity contribution is 5.50. The third kappa shape index (κ3) is 3.09. The maximum absolute atomic E-state index is 13.1. The number of aromatic nitrogens is 2. The van der Waals surface area contributed by atoms with E-state index in [1.807, 2.05) is 24.0 Å². The lowest BCUT2D eigenvalue weighted by Gasteiger charge is -2.08. The van der Waals surface area contributed by atoms with Crippen molar-refractivity contribution in [3.05, 3.63) is 47.5 Å². The molecule has 96 valence electrons. The summed E-state index contributed by atoms with van der Waals surface area (Å²) in [5.74, 6) is -0.218. The molecular weight excluding hydrogens is 229 g/mol. The first-order chi connectivity index (χ1) is 8.69. The van der Waals surface area contributed by atoms with E-state index in [0.717, 1.165) is 29.8 Å². The number of nitrogens with zero attached hydrogens (tertiary/aromatic N) is 2. The van der Waals surface area contributed by atoms with E-state index in [0.29, 0.717) is 6.54 Å². The summed E-state index contributed by atoms with van der Waals surface area (Å²) in [6.07, 6.45) is 4.93. The van der Waals surface area contributed by atoms with Crippen LogP contribution in [0.4, 0.5) is 10.1 Å². The Kier molecular flexibility index (Phi) is 3.97. The van der Waals surface area contributed by atoms with Crippen LogP contribution in [-0.4, -0.2) is 9.78 Å². The molecule has 0 aliphatic rings. The monoisotopic (exact) mass is 247 g/mol. The van der Waals surface area contributed by atoms with E-state index < -0.39 is 0 Å². The number of hydrogen-bond acceptors (Lipinski definition) is 2. The highest BCUT2D eigenvalue weighted by atomic mass is 19.1. The standard InChI is InChI=1S/C14H18FN3/c1-3-6-18-10-12(9-17-18)8-16-14-7-13(15)5-4-11(14)2/h4-5,7,9-10,16H,3,6,8H2,1-2H3. The van der Waals surface area contributed by atoms with Gasteiger partial charge in [0.2, 0.25) is 0 Å². The van der Waals surface area contributed by atoms with Crippen molar-refractivity contribution in [2.45, 2.75) is 33.4 Å². The molecule has 1 heterocycles. The molecule has 0 unspecified atom stereocenters. The van der Waals surface area contributed by atoms with Gasteiger partial charge in [0.1, 0.15) is 5.82 Å². The average molecular weight is 247 g/mol. The Morgan fingerprint density at radius 2 is 2.22 bits per heavy atom. The second kappa shape index (κ2) is 5.67. The topological polar surface area (TPSA) is 29.9 Å². The molecule has 2 aromatic rings. The predicted octanol–water partition coefficient (Wildman–Crippen LogP) is 3.35. The lowest BCUT2D eigenvalue weighted by molar-refractivity contribution is 0.602. The molecule has 1 N–H and O–H groups in total. The van der Waals surface area contributed by atoms with Crippen molar-refractivity contribution in [2.75, 3.05) is 5.32 Å². The minimum absolute atomic E-state index is 0.218. The predicted molar refractivity (Wildman–Crippen MR) is 71.0 cm³/mol. The van der Waals surface area contributed by atoms with E-state index in [9.17, 15) is 4.39 Å². The lowest BCUT2D eigenvalue weighted by Crippen LogP contribution is -2.01. The van der Waals surface area contributed by atoms with Gasteiger partial charge in [-0.2, -0.15) is 5.10 Å². The number of benzene rings is 1. The van der Waals surface area contributed by atoms with Gasteiger partial charge in [0.15, 0.2) is 0 Å². The van der Waals surface area contributed by atoms with Crippen LogP contribution in [0.5, 0.6) is 0 Å². The Labute approximate surface area is 107 Å². The molecule has 0 fully saturated rings. The zero-order valence-corrected chi connectivity index (χ0v) is 10.8. The smallest absolute Gasteiger partial charge is 0.125 e. The highest BCUT2D eigenvalue weighted by Crippen LogP contribution is 2.16. The van der Waals surface area contributed by atoms with Crippen molar-refractivity contribution < 1.29 is 4.39 Å². The summed E-state index contributed by atoms with van der Waals surface area (Å²) >= 11 is 0. The molecule has 0 aliphatic heterocycles. The summed E-state index contributed by atoms with van der Waals surface area (Å²) in [7, 11) is 0. The third-order valence-electron chi connectivity index (χ3n) is 2.82. The first-order valence-electron chi connectivity index (χ1n) is 6.20. The van der Waals surface area contributed by atoms with Crippen molar-refractivity contribution in [1.29, 1.82) is 0 Å². The summed E-state index contributed by atoms with van der Waals surface area (Å²) in [4.78, 5) is 0. The Hall–Kier alpha value is -1.84. The molecule has 1 aromatic heterocycles. The summed E-state index contributed by atoms with van der Waals surface area (Å²) in [5.41, 5.74) is 2.97. The molecular formula is C14H18FN3. The molecule has 2 rings (SSSR count). The van der Waals surface area contributed by atoms with Crippen LogP contribution in [0.25, 0.3) is 0 Å². The fourth-order valence-corrected chi connectivity index (χ4v) is 1.83. The van der Waals surface area contributed by atoms with Crippen LogP contribution in [0.15, 0.2) is 30.6 Å². The molecule has 0 saturated carbocycles. The quantitative estimate of drug-likeness (QED) is 0.878. The fourth-order valence-electron chi connectivity index (χ4n) is 1.83. The Morgan fingerprint density at radius 3 is 3.00 bits per heavy atom. The van der Waals surface area contributed by atoms with Gasteiger partial charge in [0.05, 0.1) is 6.20 Å². The number of aryl methyl sites for hydroxylation is 2. The minimum Gasteiger partial charge on any atom is -0.381 e. The van der Waals surface area contributed by atoms with Crippen LogP contribution >= 0.6 is 0 Å². The van der Waals surface area contributed by atoms with Crippen LogP contribution in [0, 0.1) is 12.7 Å². The molecule has 0 radical (unpaired) electrons. The molecule has 18 heavy (non-hydrogen) atoms. The number of hydrogen-bond donors (Lipinski definition) is 1. The average Bonchev–Trinajstić information content (AvgIpc) is 2.79. The van der Waals surface area contributed by atoms with E-state index in [-0.39, 0.29) is 5.82 Å². The minimum atomic E-state index is -0.218. The van der Waals surface area contributed by atoms with Gasteiger partial charge in [0, 0.05) is 30.5 Å². The summed E-state index contributed by atoms with van der Waals surface area (Å²) in [5, 5.41) is 7.49. The van der Waals surface area contributed by atoms with Gasteiger partial charge in [-0.1, -0.05) is 13.0 Å². The van der Waals surface area contributed by atoms with Crippen molar-refractivity contribution in [2.24, 2.45) is 0 Å². The molecule has 0 saturated heterocycles. The van der Waals surface area contributed by atoms with Gasteiger partial charge >= 0.3 is 0 Å². The largest absolute Gasteiger partial charge is 0.381 e. The van der Waals surface area contributed by atoms with Crippen LogP contribution < -0.4 is 5.32 Å². The van der Waals surface area contributed by atoms with Crippen molar-refractivity contribution in [3.63, 3.8) is 0 Å². The van der Waals surface area contributed by atoms with Gasteiger partial charge < -0.3 is 5.32 Å². The van der Waals surface area contributed by atoms with Crippen molar-refractivity contribution in [1.82, 2.24) is 9.78 Å². The van der Waals surface area contributed by atoms with Crippen LogP contribution in [0.1, 0.15) is 24.5 Å². The molecule has 0 aliphatic carbocycles. The zero-order chi connectivity index (χ0) is 13.0. The van der Waals surface area contributed by atoms with Crippen LogP contribution in [0.3, 0.4) is 0 Å². The fraction of sp³-hybridized carbons (Fsp3) is 0.357. The molecule has 0 atom stereocenters. The second-order valence-electron chi connectivity index (χ2n) is 4.42. The Morgan fingerprint density at radius 1 is 1.39 bits per heavy atom. The SMILES string of the molecule is CCCn1cc(CNc2cc(F)ccc2C)cn1. The van der Waals surface area contributed by atoms with Crippen LogP contribution in [0.2, 0.25) is 0 Å². The van der Waals surface area contributed by atoms with Crippen molar-refractivity contribution in [3.8, 4) is 0 Å². The van der Waals surface area contributed by atoms with E-state index in [1.165, 1.54) is 12.1 Å². The summed E-state index contributed by atoms with van der Waals surface area (Å²) in [6, 6.07) is 4.77. The highest BCUT2D eigenvalue weighted by Gasteiger charge is 2.02.